The monoisotopic (exact) mass is 251 g/mol. The van der Waals surface area contributed by atoms with Gasteiger partial charge in [0.2, 0.25) is 0 Å². The minimum Gasteiger partial charge on any atom is -0.361 e. The molecule has 0 bridgehead atoms. The smallest absolute Gasteiger partial charge is 0.138 e. The second-order valence-corrected chi connectivity index (χ2v) is 5.27. The molecule has 0 amide bonds. The lowest BCUT2D eigenvalue weighted by atomic mass is 10.0. The molecule has 0 spiro atoms. The Bertz CT molecular complexity index is 350. The van der Waals surface area contributed by atoms with E-state index < -0.39 is 0 Å². The molecule has 4 nitrogen and oxygen atoms in total. The Labute approximate surface area is 110 Å². The zero-order valence-corrected chi connectivity index (χ0v) is 11.8. The van der Waals surface area contributed by atoms with Crippen LogP contribution in [0.15, 0.2) is 4.52 Å². The molecule has 2 rings (SSSR count). The fourth-order valence-electron chi connectivity index (χ4n) is 2.75. The van der Waals surface area contributed by atoms with Gasteiger partial charge in [0, 0.05) is 24.7 Å². The molecule has 1 aromatic heterocycles. The SMILES string of the molecule is CCCN(Cc1c(C)noc1C)C1CCCNC1. The van der Waals surface area contributed by atoms with Crippen LogP contribution in [0.4, 0.5) is 0 Å². The Morgan fingerprint density at radius 3 is 2.83 bits per heavy atom. The van der Waals surface area contributed by atoms with Crippen LogP contribution in [-0.2, 0) is 6.54 Å². The summed E-state index contributed by atoms with van der Waals surface area (Å²) in [6.45, 7) is 10.7. The molecule has 102 valence electrons. The molecule has 0 aromatic carbocycles. The molecule has 1 aliphatic rings. The predicted octanol–water partition coefficient (Wildman–Crippen LogP) is 2.26. The molecular formula is C14H25N3O. The second-order valence-electron chi connectivity index (χ2n) is 5.27. The van der Waals surface area contributed by atoms with E-state index in [1.165, 1.54) is 31.4 Å². The van der Waals surface area contributed by atoms with Crippen LogP contribution in [0.25, 0.3) is 0 Å². The number of nitrogens with one attached hydrogen (secondary N) is 1. The van der Waals surface area contributed by atoms with Crippen LogP contribution in [0.1, 0.15) is 43.2 Å². The van der Waals surface area contributed by atoms with Crippen molar-refractivity contribution < 1.29 is 4.52 Å². The Kier molecular flexibility index (Phi) is 4.78. The zero-order chi connectivity index (χ0) is 13.0. The maximum absolute atomic E-state index is 5.27. The van der Waals surface area contributed by atoms with E-state index in [0.717, 1.165) is 31.1 Å². The third kappa shape index (κ3) is 3.12. The van der Waals surface area contributed by atoms with Crippen LogP contribution >= 0.6 is 0 Å². The third-order valence-electron chi connectivity index (χ3n) is 3.84. The first-order chi connectivity index (χ1) is 8.72. The molecule has 1 aliphatic heterocycles. The van der Waals surface area contributed by atoms with Crippen LogP contribution in [-0.4, -0.2) is 35.7 Å². The minimum absolute atomic E-state index is 0.660. The normalized spacial score (nSPS) is 20.6. The fourth-order valence-corrected chi connectivity index (χ4v) is 2.75. The average molecular weight is 251 g/mol. The fraction of sp³-hybridized carbons (Fsp3) is 0.786. The van der Waals surface area contributed by atoms with Crippen LogP contribution in [0.3, 0.4) is 0 Å². The number of hydrogen-bond donors (Lipinski definition) is 1. The maximum Gasteiger partial charge on any atom is 0.138 e. The maximum atomic E-state index is 5.27. The first kappa shape index (κ1) is 13.6. The van der Waals surface area contributed by atoms with Crippen molar-refractivity contribution in [2.24, 2.45) is 0 Å². The number of nitrogens with zero attached hydrogens (tertiary/aromatic N) is 2. The van der Waals surface area contributed by atoms with Gasteiger partial charge in [-0.3, -0.25) is 4.90 Å². The summed E-state index contributed by atoms with van der Waals surface area (Å²) in [5.41, 5.74) is 2.31. The zero-order valence-electron chi connectivity index (χ0n) is 11.8. The Morgan fingerprint density at radius 2 is 2.28 bits per heavy atom. The van der Waals surface area contributed by atoms with Gasteiger partial charge in [0.25, 0.3) is 0 Å². The van der Waals surface area contributed by atoms with Crippen LogP contribution in [0.5, 0.6) is 0 Å². The first-order valence-electron chi connectivity index (χ1n) is 7.09. The summed E-state index contributed by atoms with van der Waals surface area (Å²) in [7, 11) is 0. The van der Waals surface area contributed by atoms with Crippen LogP contribution in [0.2, 0.25) is 0 Å². The summed E-state index contributed by atoms with van der Waals surface area (Å²) in [5, 5.41) is 7.56. The molecule has 1 aromatic rings. The van der Waals surface area contributed by atoms with E-state index >= 15 is 0 Å². The molecule has 1 atom stereocenters. The lowest BCUT2D eigenvalue weighted by Crippen LogP contribution is -2.46. The van der Waals surface area contributed by atoms with Crippen molar-refractivity contribution in [1.82, 2.24) is 15.4 Å². The number of aryl methyl sites for hydroxylation is 2. The predicted molar refractivity (Wildman–Crippen MR) is 72.6 cm³/mol. The van der Waals surface area contributed by atoms with Gasteiger partial charge in [-0.2, -0.15) is 0 Å². The topological polar surface area (TPSA) is 41.3 Å². The Morgan fingerprint density at radius 1 is 1.44 bits per heavy atom. The van der Waals surface area contributed by atoms with Crippen molar-refractivity contribution in [3.8, 4) is 0 Å². The van der Waals surface area contributed by atoms with Crippen molar-refractivity contribution in [2.75, 3.05) is 19.6 Å². The quantitative estimate of drug-likeness (QED) is 0.871. The van der Waals surface area contributed by atoms with Gasteiger partial charge in [0.05, 0.1) is 5.69 Å². The number of rotatable bonds is 5. The summed E-state index contributed by atoms with van der Waals surface area (Å²) in [4.78, 5) is 2.58. The number of aromatic nitrogens is 1. The highest BCUT2D eigenvalue weighted by Gasteiger charge is 2.22. The highest BCUT2D eigenvalue weighted by molar-refractivity contribution is 5.20. The summed E-state index contributed by atoms with van der Waals surface area (Å²) >= 11 is 0. The van der Waals surface area contributed by atoms with Crippen molar-refractivity contribution in [1.29, 1.82) is 0 Å². The van der Waals surface area contributed by atoms with E-state index in [-0.39, 0.29) is 0 Å². The van der Waals surface area contributed by atoms with Gasteiger partial charge in [-0.15, -0.1) is 0 Å². The van der Waals surface area contributed by atoms with E-state index in [0.29, 0.717) is 6.04 Å². The molecule has 1 N–H and O–H groups in total. The molecule has 1 unspecified atom stereocenters. The standard InChI is InChI=1S/C14H25N3O/c1-4-8-17(13-6-5-7-15-9-13)10-14-11(2)16-18-12(14)3/h13,15H,4-10H2,1-3H3. The first-order valence-corrected chi connectivity index (χ1v) is 7.09. The van der Waals surface area contributed by atoms with E-state index in [4.69, 9.17) is 4.52 Å². The van der Waals surface area contributed by atoms with Gasteiger partial charge in [0.1, 0.15) is 5.76 Å². The highest BCUT2D eigenvalue weighted by Crippen LogP contribution is 2.19. The van der Waals surface area contributed by atoms with Crippen molar-refractivity contribution in [3.05, 3.63) is 17.0 Å². The van der Waals surface area contributed by atoms with Crippen LogP contribution < -0.4 is 5.32 Å². The van der Waals surface area contributed by atoms with Gasteiger partial charge in [-0.05, 0) is 46.2 Å². The van der Waals surface area contributed by atoms with E-state index in [1.807, 2.05) is 13.8 Å². The van der Waals surface area contributed by atoms with Gasteiger partial charge in [-0.1, -0.05) is 12.1 Å². The molecule has 0 radical (unpaired) electrons. The van der Waals surface area contributed by atoms with E-state index in [9.17, 15) is 0 Å². The molecule has 18 heavy (non-hydrogen) atoms. The molecular weight excluding hydrogens is 226 g/mol. The molecule has 4 heteroatoms. The molecule has 0 saturated carbocycles. The molecule has 1 fully saturated rings. The van der Waals surface area contributed by atoms with Gasteiger partial charge in [0.15, 0.2) is 0 Å². The Hall–Kier alpha value is -0.870. The second kappa shape index (κ2) is 6.34. The summed E-state index contributed by atoms with van der Waals surface area (Å²) < 4.78 is 5.27. The molecule has 2 heterocycles. The summed E-state index contributed by atoms with van der Waals surface area (Å²) in [6.07, 6.45) is 3.78. The van der Waals surface area contributed by atoms with E-state index in [1.54, 1.807) is 0 Å². The van der Waals surface area contributed by atoms with Crippen LogP contribution in [0, 0.1) is 13.8 Å². The number of hydrogen-bond acceptors (Lipinski definition) is 4. The van der Waals surface area contributed by atoms with Crippen molar-refractivity contribution in [3.63, 3.8) is 0 Å². The minimum atomic E-state index is 0.660. The molecule has 0 aliphatic carbocycles. The van der Waals surface area contributed by atoms with Gasteiger partial charge < -0.3 is 9.84 Å². The third-order valence-corrected chi connectivity index (χ3v) is 3.84. The largest absolute Gasteiger partial charge is 0.361 e. The highest BCUT2D eigenvalue weighted by atomic mass is 16.5. The average Bonchev–Trinajstić information content (AvgIpc) is 2.71. The molecule has 1 saturated heterocycles. The lowest BCUT2D eigenvalue weighted by Gasteiger charge is -2.34. The lowest BCUT2D eigenvalue weighted by molar-refractivity contribution is 0.157. The van der Waals surface area contributed by atoms with Gasteiger partial charge >= 0.3 is 0 Å². The number of piperidine rings is 1. The summed E-state index contributed by atoms with van der Waals surface area (Å²) in [5.74, 6) is 0.970. The van der Waals surface area contributed by atoms with Crippen molar-refractivity contribution in [2.45, 2.75) is 52.6 Å². The van der Waals surface area contributed by atoms with Gasteiger partial charge in [-0.25, -0.2) is 0 Å². The van der Waals surface area contributed by atoms with E-state index in [2.05, 4.69) is 22.3 Å². The van der Waals surface area contributed by atoms with Crippen molar-refractivity contribution >= 4 is 0 Å². The summed E-state index contributed by atoms with van der Waals surface area (Å²) in [6, 6.07) is 0.660. The Balaban J connectivity index is 2.05.